The number of thiophene rings is 1. The summed E-state index contributed by atoms with van der Waals surface area (Å²) in [7, 11) is 0. The molecule has 0 bridgehead atoms. The van der Waals surface area contributed by atoms with Crippen molar-refractivity contribution in [1.82, 2.24) is 4.98 Å². The van der Waals surface area contributed by atoms with Crippen molar-refractivity contribution in [3.05, 3.63) is 62.7 Å². The largest absolute Gasteiger partial charge is 0.286 e. The highest BCUT2D eigenvalue weighted by Gasteiger charge is 2.14. The van der Waals surface area contributed by atoms with Crippen molar-refractivity contribution < 1.29 is 0 Å². The highest BCUT2D eigenvalue weighted by atomic mass is 32.1. The van der Waals surface area contributed by atoms with E-state index in [0.29, 0.717) is 5.56 Å². The van der Waals surface area contributed by atoms with Gasteiger partial charge in [0.15, 0.2) is 0 Å². The van der Waals surface area contributed by atoms with Crippen LogP contribution in [0.5, 0.6) is 0 Å². The molecular formula is C14H9NO2S. The zero-order valence-electron chi connectivity index (χ0n) is 9.64. The second-order valence-electron chi connectivity index (χ2n) is 4.10. The molecular weight excluding hydrogens is 246 g/mol. The molecule has 88 valence electrons. The van der Waals surface area contributed by atoms with Crippen LogP contribution < -0.4 is 10.9 Å². The number of pyridine rings is 1. The highest BCUT2D eigenvalue weighted by Crippen LogP contribution is 2.33. The molecule has 2 aromatic heterocycles. The molecule has 0 aliphatic rings. The van der Waals surface area contributed by atoms with Crippen LogP contribution in [0.4, 0.5) is 0 Å². The lowest BCUT2D eigenvalue weighted by Gasteiger charge is -1.99. The van der Waals surface area contributed by atoms with Gasteiger partial charge in [-0.2, -0.15) is 0 Å². The molecule has 3 rings (SSSR count). The SMILES string of the molecule is Cc1cc(-c2ccc(-c3cc(=O)c3=O)s2)ccn1. The monoisotopic (exact) mass is 255 g/mol. The highest BCUT2D eigenvalue weighted by molar-refractivity contribution is 7.18. The van der Waals surface area contributed by atoms with E-state index in [4.69, 9.17) is 0 Å². The van der Waals surface area contributed by atoms with Gasteiger partial charge in [0.25, 0.3) is 0 Å². The Labute approximate surface area is 107 Å². The van der Waals surface area contributed by atoms with Gasteiger partial charge < -0.3 is 0 Å². The number of aryl methyl sites for hydroxylation is 1. The minimum absolute atomic E-state index is 0.380. The maximum Gasteiger partial charge on any atom is 0.234 e. The fourth-order valence-corrected chi connectivity index (χ4v) is 2.85. The van der Waals surface area contributed by atoms with Crippen LogP contribution in [0, 0.1) is 6.92 Å². The lowest BCUT2D eigenvalue weighted by atomic mass is 10.1. The van der Waals surface area contributed by atoms with E-state index in [1.54, 1.807) is 6.20 Å². The first kappa shape index (κ1) is 11.0. The topological polar surface area (TPSA) is 47.0 Å². The van der Waals surface area contributed by atoms with Crippen LogP contribution in [0.3, 0.4) is 0 Å². The quantitative estimate of drug-likeness (QED) is 0.660. The van der Waals surface area contributed by atoms with E-state index in [1.165, 1.54) is 17.4 Å². The zero-order chi connectivity index (χ0) is 12.7. The molecule has 0 atom stereocenters. The minimum atomic E-state index is -0.403. The van der Waals surface area contributed by atoms with Crippen molar-refractivity contribution in [1.29, 1.82) is 0 Å². The molecule has 4 heteroatoms. The van der Waals surface area contributed by atoms with Gasteiger partial charge in [0, 0.05) is 33.3 Å². The van der Waals surface area contributed by atoms with Crippen LogP contribution in [0.2, 0.25) is 0 Å². The average Bonchev–Trinajstić information content (AvgIpc) is 2.84. The molecule has 0 radical (unpaired) electrons. The first-order valence-electron chi connectivity index (χ1n) is 5.49. The van der Waals surface area contributed by atoms with Crippen molar-refractivity contribution in [2.75, 3.05) is 0 Å². The Morgan fingerprint density at radius 2 is 1.83 bits per heavy atom. The van der Waals surface area contributed by atoms with Crippen LogP contribution in [0.15, 0.2) is 46.1 Å². The Morgan fingerprint density at radius 1 is 1.06 bits per heavy atom. The predicted octanol–water partition coefficient (Wildman–Crippen LogP) is 2.38. The molecule has 2 heterocycles. The molecule has 0 N–H and O–H groups in total. The van der Waals surface area contributed by atoms with Crippen LogP contribution in [-0.4, -0.2) is 4.98 Å². The minimum Gasteiger partial charge on any atom is -0.286 e. The third kappa shape index (κ3) is 1.71. The molecule has 1 aromatic carbocycles. The van der Waals surface area contributed by atoms with Gasteiger partial charge >= 0.3 is 0 Å². The molecule has 0 unspecified atom stereocenters. The standard InChI is InChI=1S/C14H9NO2S/c1-8-6-9(4-5-15-8)12-2-3-13(18-12)10-7-11(16)14(10)17/h2-7H,1H3. The van der Waals surface area contributed by atoms with E-state index in [-0.39, 0.29) is 5.43 Å². The molecule has 3 nitrogen and oxygen atoms in total. The smallest absolute Gasteiger partial charge is 0.234 e. The van der Waals surface area contributed by atoms with E-state index in [1.807, 2.05) is 31.2 Å². The Kier molecular flexibility index (Phi) is 2.45. The molecule has 0 saturated heterocycles. The van der Waals surface area contributed by atoms with Crippen molar-refractivity contribution in [3.63, 3.8) is 0 Å². The Hall–Kier alpha value is -2.07. The summed E-state index contributed by atoms with van der Waals surface area (Å²) in [5, 5.41) is 0. The van der Waals surface area contributed by atoms with E-state index in [2.05, 4.69) is 4.98 Å². The van der Waals surface area contributed by atoms with Crippen molar-refractivity contribution >= 4 is 11.3 Å². The molecule has 0 aliphatic carbocycles. The Morgan fingerprint density at radius 3 is 2.50 bits per heavy atom. The number of aromatic nitrogens is 1. The normalized spacial score (nSPS) is 10.9. The van der Waals surface area contributed by atoms with Crippen LogP contribution in [0.1, 0.15) is 5.69 Å². The summed E-state index contributed by atoms with van der Waals surface area (Å²) in [6.45, 7) is 1.94. The summed E-state index contributed by atoms with van der Waals surface area (Å²) in [5.74, 6) is 0. The molecule has 0 aliphatic heterocycles. The zero-order valence-corrected chi connectivity index (χ0v) is 10.5. The Bertz CT molecular complexity index is 794. The molecule has 0 fully saturated rings. The van der Waals surface area contributed by atoms with Gasteiger partial charge in [-0.05, 0) is 36.8 Å². The van der Waals surface area contributed by atoms with E-state index in [9.17, 15) is 9.59 Å². The second-order valence-corrected chi connectivity index (χ2v) is 5.18. The fourth-order valence-electron chi connectivity index (χ4n) is 1.84. The number of nitrogens with zero attached hydrogens (tertiary/aromatic N) is 1. The van der Waals surface area contributed by atoms with Crippen molar-refractivity contribution in [2.45, 2.75) is 6.92 Å². The van der Waals surface area contributed by atoms with Crippen LogP contribution in [-0.2, 0) is 0 Å². The van der Waals surface area contributed by atoms with Crippen LogP contribution >= 0.6 is 11.3 Å². The first-order chi connectivity index (χ1) is 8.65. The fraction of sp³-hybridized carbons (Fsp3) is 0.0714. The summed E-state index contributed by atoms with van der Waals surface area (Å²) >= 11 is 1.52. The summed E-state index contributed by atoms with van der Waals surface area (Å²) in [4.78, 5) is 28.3. The summed E-state index contributed by atoms with van der Waals surface area (Å²) < 4.78 is 0. The first-order valence-corrected chi connectivity index (χ1v) is 6.30. The van der Waals surface area contributed by atoms with E-state index in [0.717, 1.165) is 21.0 Å². The van der Waals surface area contributed by atoms with Gasteiger partial charge in [-0.3, -0.25) is 14.6 Å². The van der Waals surface area contributed by atoms with Gasteiger partial charge in [-0.25, -0.2) is 0 Å². The number of rotatable bonds is 2. The lowest BCUT2D eigenvalue weighted by molar-refractivity contribution is 1.20. The molecule has 0 saturated carbocycles. The van der Waals surface area contributed by atoms with Crippen molar-refractivity contribution in [2.24, 2.45) is 0 Å². The average molecular weight is 255 g/mol. The van der Waals surface area contributed by atoms with E-state index < -0.39 is 5.43 Å². The maximum absolute atomic E-state index is 11.3. The lowest BCUT2D eigenvalue weighted by Crippen LogP contribution is -2.30. The van der Waals surface area contributed by atoms with Gasteiger partial charge in [-0.1, -0.05) is 0 Å². The molecule has 0 amide bonds. The van der Waals surface area contributed by atoms with Gasteiger partial charge in [-0.15, -0.1) is 11.3 Å². The number of hydrogen-bond donors (Lipinski definition) is 0. The second kappa shape index (κ2) is 3.99. The summed E-state index contributed by atoms with van der Waals surface area (Å²) in [5.41, 5.74) is 1.78. The van der Waals surface area contributed by atoms with Gasteiger partial charge in [0.05, 0.1) is 0 Å². The van der Waals surface area contributed by atoms with E-state index >= 15 is 0 Å². The Balaban J connectivity index is 2.03. The van der Waals surface area contributed by atoms with Gasteiger partial charge in [0.1, 0.15) is 0 Å². The molecule has 18 heavy (non-hydrogen) atoms. The third-order valence-corrected chi connectivity index (χ3v) is 3.96. The summed E-state index contributed by atoms with van der Waals surface area (Å²) in [6.07, 6.45) is 1.77. The van der Waals surface area contributed by atoms with Crippen molar-refractivity contribution in [3.8, 4) is 20.9 Å². The van der Waals surface area contributed by atoms with Crippen LogP contribution in [0.25, 0.3) is 20.9 Å². The number of hydrogen-bond acceptors (Lipinski definition) is 4. The molecule has 3 aromatic rings. The maximum atomic E-state index is 11.3. The molecule has 0 spiro atoms. The third-order valence-electron chi connectivity index (χ3n) is 2.80. The summed E-state index contributed by atoms with van der Waals surface area (Å²) in [6, 6.07) is 9.18. The van der Waals surface area contributed by atoms with Gasteiger partial charge in [0.2, 0.25) is 10.9 Å². The predicted molar refractivity (Wildman–Crippen MR) is 72.6 cm³/mol.